The van der Waals surface area contributed by atoms with Gasteiger partial charge in [0.25, 0.3) is 0 Å². The third-order valence-corrected chi connectivity index (χ3v) is 5.47. The monoisotopic (exact) mass is 220 g/mol. The Labute approximate surface area is 96.4 Å². The number of hydrogen-bond acceptors (Lipinski definition) is 1. The number of carbonyl (C=O) groups is 1. The highest BCUT2D eigenvalue weighted by Gasteiger charge is 2.65. The molecular formula is C13H20N2O. The Morgan fingerprint density at radius 2 is 1.62 bits per heavy atom. The number of urea groups is 1. The molecule has 3 nitrogen and oxygen atoms in total. The molecular weight excluding hydrogens is 200 g/mol. The van der Waals surface area contributed by atoms with Crippen LogP contribution in [0.1, 0.15) is 38.5 Å². The van der Waals surface area contributed by atoms with E-state index in [2.05, 4.69) is 10.6 Å². The van der Waals surface area contributed by atoms with Crippen molar-refractivity contribution in [1.29, 1.82) is 0 Å². The maximum absolute atomic E-state index is 11.7. The van der Waals surface area contributed by atoms with Gasteiger partial charge in [-0.15, -0.1) is 0 Å². The summed E-state index contributed by atoms with van der Waals surface area (Å²) in [6.45, 7) is 0. The summed E-state index contributed by atoms with van der Waals surface area (Å²) in [5.74, 6) is 3.60. The topological polar surface area (TPSA) is 41.1 Å². The van der Waals surface area contributed by atoms with Crippen molar-refractivity contribution in [2.45, 2.75) is 50.6 Å². The molecule has 0 aliphatic heterocycles. The second-order valence-electron chi connectivity index (χ2n) is 6.26. The van der Waals surface area contributed by atoms with Crippen molar-refractivity contribution >= 4 is 6.03 Å². The van der Waals surface area contributed by atoms with Crippen LogP contribution < -0.4 is 10.6 Å². The lowest BCUT2D eigenvalue weighted by Gasteiger charge is -2.26. The van der Waals surface area contributed by atoms with E-state index >= 15 is 0 Å². The molecule has 4 atom stereocenters. The maximum Gasteiger partial charge on any atom is 0.315 e. The van der Waals surface area contributed by atoms with E-state index in [1.54, 1.807) is 0 Å². The van der Waals surface area contributed by atoms with Crippen molar-refractivity contribution in [2.75, 3.05) is 0 Å². The second kappa shape index (κ2) is 3.14. The number of hydrogen-bond donors (Lipinski definition) is 2. The molecule has 4 saturated carbocycles. The lowest BCUT2D eigenvalue weighted by atomic mass is 9.93. The fourth-order valence-electron chi connectivity index (χ4n) is 4.45. The largest absolute Gasteiger partial charge is 0.335 e. The number of amides is 2. The SMILES string of the molecule is O=C(NC1CCC1)NC1C2C3CCC(C3)C12. The van der Waals surface area contributed by atoms with Gasteiger partial charge in [0.1, 0.15) is 0 Å². The summed E-state index contributed by atoms with van der Waals surface area (Å²) < 4.78 is 0. The molecule has 3 heteroatoms. The first-order chi connectivity index (χ1) is 7.83. The molecule has 88 valence electrons. The molecule has 4 aliphatic rings. The average molecular weight is 220 g/mol. The molecule has 4 fully saturated rings. The molecule has 4 rings (SSSR count). The molecule has 2 N–H and O–H groups in total. The quantitative estimate of drug-likeness (QED) is 0.733. The molecule has 0 heterocycles. The number of nitrogens with one attached hydrogen (secondary N) is 2. The first kappa shape index (κ1) is 9.32. The smallest absolute Gasteiger partial charge is 0.315 e. The lowest BCUT2D eigenvalue weighted by Crippen LogP contribution is -2.46. The van der Waals surface area contributed by atoms with Gasteiger partial charge < -0.3 is 10.6 Å². The van der Waals surface area contributed by atoms with Crippen LogP contribution in [-0.4, -0.2) is 18.1 Å². The van der Waals surface area contributed by atoms with Gasteiger partial charge in [-0.1, -0.05) is 0 Å². The predicted octanol–water partition coefficient (Wildman–Crippen LogP) is 1.88. The van der Waals surface area contributed by atoms with Crippen LogP contribution in [0.3, 0.4) is 0 Å². The van der Waals surface area contributed by atoms with E-state index in [0.29, 0.717) is 12.1 Å². The summed E-state index contributed by atoms with van der Waals surface area (Å²) in [6, 6.07) is 1.10. The molecule has 16 heavy (non-hydrogen) atoms. The summed E-state index contributed by atoms with van der Waals surface area (Å²) in [5.41, 5.74) is 0. The molecule has 2 bridgehead atoms. The fourth-order valence-corrected chi connectivity index (χ4v) is 4.45. The Hall–Kier alpha value is -0.730. The van der Waals surface area contributed by atoms with Gasteiger partial charge in [0.05, 0.1) is 0 Å². The molecule has 2 amide bonds. The van der Waals surface area contributed by atoms with E-state index in [1.165, 1.54) is 38.5 Å². The number of fused-ring (bicyclic) bond motifs is 5. The zero-order chi connectivity index (χ0) is 10.7. The van der Waals surface area contributed by atoms with Gasteiger partial charge in [0, 0.05) is 12.1 Å². The van der Waals surface area contributed by atoms with Gasteiger partial charge in [-0.3, -0.25) is 0 Å². The molecule has 4 aliphatic carbocycles. The maximum atomic E-state index is 11.7. The highest BCUT2D eigenvalue weighted by molar-refractivity contribution is 5.75. The Morgan fingerprint density at radius 1 is 0.938 bits per heavy atom. The van der Waals surface area contributed by atoms with Crippen molar-refractivity contribution in [3.8, 4) is 0 Å². The van der Waals surface area contributed by atoms with E-state index in [0.717, 1.165) is 23.7 Å². The van der Waals surface area contributed by atoms with Gasteiger partial charge in [0.15, 0.2) is 0 Å². The highest BCUT2D eigenvalue weighted by atomic mass is 16.2. The molecule has 0 radical (unpaired) electrons. The molecule has 0 aromatic carbocycles. The molecule has 0 spiro atoms. The van der Waals surface area contributed by atoms with Crippen LogP contribution in [0.4, 0.5) is 4.79 Å². The van der Waals surface area contributed by atoms with E-state index in [1.807, 2.05) is 0 Å². The van der Waals surface area contributed by atoms with Gasteiger partial charge in [-0.25, -0.2) is 4.79 Å². The van der Waals surface area contributed by atoms with Crippen molar-refractivity contribution in [3.05, 3.63) is 0 Å². The van der Waals surface area contributed by atoms with E-state index in [4.69, 9.17) is 0 Å². The zero-order valence-corrected chi connectivity index (χ0v) is 9.61. The molecule has 4 unspecified atom stereocenters. The minimum atomic E-state index is 0.100. The molecule has 0 saturated heterocycles. The molecule has 0 aromatic heterocycles. The van der Waals surface area contributed by atoms with Gasteiger partial charge in [0.2, 0.25) is 0 Å². The minimum Gasteiger partial charge on any atom is -0.335 e. The second-order valence-corrected chi connectivity index (χ2v) is 6.26. The Kier molecular flexibility index (Phi) is 1.83. The van der Waals surface area contributed by atoms with E-state index in [-0.39, 0.29) is 6.03 Å². The van der Waals surface area contributed by atoms with Crippen LogP contribution in [0.25, 0.3) is 0 Å². The van der Waals surface area contributed by atoms with E-state index < -0.39 is 0 Å². The summed E-state index contributed by atoms with van der Waals surface area (Å²) in [6.07, 6.45) is 7.94. The molecule has 0 aromatic rings. The standard InChI is InChI=1S/C13H20N2O/c16-13(14-9-2-1-3-9)15-12-10-7-4-5-8(6-7)11(10)12/h7-12H,1-6H2,(H2,14,15,16). The fraction of sp³-hybridized carbons (Fsp3) is 0.923. The normalized spacial score (nSPS) is 48.4. The summed E-state index contributed by atoms with van der Waals surface area (Å²) in [4.78, 5) is 11.7. The Balaban J connectivity index is 1.31. The minimum absolute atomic E-state index is 0.100. The van der Waals surface area contributed by atoms with Crippen molar-refractivity contribution < 1.29 is 4.79 Å². The van der Waals surface area contributed by atoms with Crippen molar-refractivity contribution in [2.24, 2.45) is 23.7 Å². The lowest BCUT2D eigenvalue weighted by molar-refractivity contribution is 0.226. The van der Waals surface area contributed by atoms with Crippen LogP contribution in [0, 0.1) is 23.7 Å². The Morgan fingerprint density at radius 3 is 2.19 bits per heavy atom. The van der Waals surface area contributed by atoms with Crippen LogP contribution in [0.5, 0.6) is 0 Å². The third-order valence-electron chi connectivity index (χ3n) is 5.47. The summed E-state index contributed by atoms with van der Waals surface area (Å²) >= 11 is 0. The van der Waals surface area contributed by atoms with Gasteiger partial charge in [-0.05, 0) is 62.2 Å². The number of carbonyl (C=O) groups excluding carboxylic acids is 1. The van der Waals surface area contributed by atoms with Gasteiger partial charge in [-0.2, -0.15) is 0 Å². The van der Waals surface area contributed by atoms with Crippen molar-refractivity contribution in [3.63, 3.8) is 0 Å². The average Bonchev–Trinajstić information content (AvgIpc) is 2.64. The van der Waals surface area contributed by atoms with Crippen LogP contribution in [0.15, 0.2) is 0 Å². The van der Waals surface area contributed by atoms with Crippen LogP contribution in [0.2, 0.25) is 0 Å². The van der Waals surface area contributed by atoms with E-state index in [9.17, 15) is 4.79 Å². The van der Waals surface area contributed by atoms with Crippen LogP contribution >= 0.6 is 0 Å². The third kappa shape index (κ3) is 1.23. The first-order valence-corrected chi connectivity index (χ1v) is 6.90. The summed E-state index contributed by atoms with van der Waals surface area (Å²) in [7, 11) is 0. The first-order valence-electron chi connectivity index (χ1n) is 6.90. The number of rotatable bonds is 2. The highest BCUT2D eigenvalue weighted by Crippen LogP contribution is 2.65. The van der Waals surface area contributed by atoms with Gasteiger partial charge >= 0.3 is 6.03 Å². The van der Waals surface area contributed by atoms with Crippen molar-refractivity contribution in [1.82, 2.24) is 10.6 Å². The summed E-state index contributed by atoms with van der Waals surface area (Å²) in [5, 5.41) is 6.28. The van der Waals surface area contributed by atoms with Crippen LogP contribution in [-0.2, 0) is 0 Å². The Bertz CT molecular complexity index is 310. The zero-order valence-electron chi connectivity index (χ0n) is 9.61. The predicted molar refractivity (Wildman–Crippen MR) is 60.9 cm³/mol.